The zero-order valence-corrected chi connectivity index (χ0v) is 14.8. The van der Waals surface area contributed by atoms with Crippen LogP contribution in [-0.4, -0.2) is 24.6 Å². The van der Waals surface area contributed by atoms with Gasteiger partial charge in [0.05, 0.1) is 4.90 Å². The van der Waals surface area contributed by atoms with Crippen molar-refractivity contribution in [1.29, 1.82) is 0 Å². The van der Waals surface area contributed by atoms with E-state index in [0.29, 0.717) is 17.8 Å². The molecule has 130 valence electrons. The Kier molecular flexibility index (Phi) is 4.96. The molecule has 0 aliphatic rings. The van der Waals surface area contributed by atoms with Crippen LogP contribution in [0, 0.1) is 0 Å². The normalized spacial score (nSPS) is 12.9. The Morgan fingerprint density at radius 2 is 1.80 bits per heavy atom. The van der Waals surface area contributed by atoms with Crippen molar-refractivity contribution in [1.82, 2.24) is 14.9 Å². The van der Waals surface area contributed by atoms with Gasteiger partial charge in [0.25, 0.3) is 5.89 Å². The van der Waals surface area contributed by atoms with Crippen LogP contribution in [0.3, 0.4) is 0 Å². The Bertz CT molecular complexity index is 952. The molecule has 2 aromatic carbocycles. The molecule has 0 unspecified atom stereocenters. The van der Waals surface area contributed by atoms with Crippen molar-refractivity contribution >= 4 is 10.0 Å². The van der Waals surface area contributed by atoms with E-state index in [1.165, 1.54) is 6.07 Å². The van der Waals surface area contributed by atoms with Gasteiger partial charge in [-0.15, -0.1) is 0 Å². The monoisotopic (exact) mass is 357 g/mol. The third-order valence-corrected chi connectivity index (χ3v) is 5.41. The number of aromatic nitrogens is 2. The van der Waals surface area contributed by atoms with Crippen LogP contribution in [0.1, 0.15) is 20.3 Å². The van der Waals surface area contributed by atoms with Crippen LogP contribution in [-0.2, 0) is 10.0 Å². The molecular formula is C18H19N3O3S. The molecule has 1 atom stereocenters. The van der Waals surface area contributed by atoms with Crippen LogP contribution in [0.5, 0.6) is 0 Å². The molecule has 6 nitrogen and oxygen atoms in total. The zero-order valence-electron chi connectivity index (χ0n) is 14.0. The van der Waals surface area contributed by atoms with E-state index in [1.54, 1.807) is 18.2 Å². The number of sulfonamides is 1. The van der Waals surface area contributed by atoms with Crippen molar-refractivity contribution in [2.24, 2.45) is 0 Å². The first-order chi connectivity index (χ1) is 12.0. The molecule has 1 N–H and O–H groups in total. The lowest BCUT2D eigenvalue weighted by molar-refractivity contribution is 0.432. The molecule has 0 saturated heterocycles. The first-order valence-corrected chi connectivity index (χ1v) is 9.50. The van der Waals surface area contributed by atoms with Crippen LogP contribution in [0.4, 0.5) is 0 Å². The van der Waals surface area contributed by atoms with E-state index in [1.807, 2.05) is 44.2 Å². The molecule has 25 heavy (non-hydrogen) atoms. The molecule has 0 spiro atoms. The molecule has 0 amide bonds. The number of rotatable bonds is 6. The predicted octanol–water partition coefficient (Wildman–Crippen LogP) is 3.48. The van der Waals surface area contributed by atoms with Crippen molar-refractivity contribution in [2.75, 3.05) is 0 Å². The average Bonchev–Trinajstić information content (AvgIpc) is 3.12. The summed E-state index contributed by atoms with van der Waals surface area (Å²) >= 11 is 0. The second-order valence-electron chi connectivity index (χ2n) is 5.75. The third-order valence-electron chi connectivity index (χ3n) is 3.82. The van der Waals surface area contributed by atoms with Gasteiger partial charge in [-0.05, 0) is 31.5 Å². The summed E-state index contributed by atoms with van der Waals surface area (Å²) in [5.41, 5.74) is 1.39. The molecule has 0 aliphatic heterocycles. The van der Waals surface area contributed by atoms with Crippen molar-refractivity contribution in [3.63, 3.8) is 0 Å². The van der Waals surface area contributed by atoms with E-state index in [2.05, 4.69) is 14.9 Å². The Morgan fingerprint density at radius 1 is 1.08 bits per heavy atom. The van der Waals surface area contributed by atoms with Crippen molar-refractivity contribution in [2.45, 2.75) is 31.2 Å². The maximum atomic E-state index is 12.4. The minimum absolute atomic E-state index is 0.137. The first-order valence-electron chi connectivity index (χ1n) is 8.01. The van der Waals surface area contributed by atoms with E-state index in [-0.39, 0.29) is 16.8 Å². The Balaban J connectivity index is 1.91. The van der Waals surface area contributed by atoms with Crippen LogP contribution in [0.15, 0.2) is 64.0 Å². The summed E-state index contributed by atoms with van der Waals surface area (Å²) in [6.07, 6.45) is 0.711. The highest BCUT2D eigenvalue weighted by Crippen LogP contribution is 2.24. The molecule has 1 heterocycles. The van der Waals surface area contributed by atoms with Crippen LogP contribution >= 0.6 is 0 Å². The lowest BCUT2D eigenvalue weighted by Gasteiger charge is -2.12. The van der Waals surface area contributed by atoms with Gasteiger partial charge in [-0.2, -0.15) is 4.98 Å². The molecule has 3 rings (SSSR count). The molecule has 0 bridgehead atoms. The molecule has 1 aromatic heterocycles. The fourth-order valence-corrected chi connectivity index (χ4v) is 3.63. The predicted molar refractivity (Wildman–Crippen MR) is 95.2 cm³/mol. The fraction of sp³-hybridized carbons (Fsp3) is 0.222. The van der Waals surface area contributed by atoms with E-state index in [9.17, 15) is 8.42 Å². The Morgan fingerprint density at radius 3 is 2.52 bits per heavy atom. The minimum atomic E-state index is -3.59. The smallest absolute Gasteiger partial charge is 0.258 e. The SMILES string of the molecule is CC[C@@H](C)NS(=O)(=O)c1cccc(-c2nc(-c3ccccc3)no2)c1. The van der Waals surface area contributed by atoms with Crippen LogP contribution < -0.4 is 4.72 Å². The van der Waals surface area contributed by atoms with E-state index in [0.717, 1.165) is 5.56 Å². The van der Waals surface area contributed by atoms with Crippen molar-refractivity contribution < 1.29 is 12.9 Å². The van der Waals surface area contributed by atoms with Gasteiger partial charge in [-0.3, -0.25) is 0 Å². The molecule has 0 fully saturated rings. The zero-order chi connectivity index (χ0) is 17.9. The minimum Gasteiger partial charge on any atom is -0.334 e. The molecular weight excluding hydrogens is 338 g/mol. The summed E-state index contributed by atoms with van der Waals surface area (Å²) in [4.78, 5) is 4.53. The highest BCUT2D eigenvalue weighted by molar-refractivity contribution is 7.89. The Labute approximate surface area is 147 Å². The average molecular weight is 357 g/mol. The highest BCUT2D eigenvalue weighted by atomic mass is 32.2. The Hall–Kier alpha value is -2.51. The van der Waals surface area contributed by atoms with Gasteiger partial charge >= 0.3 is 0 Å². The van der Waals surface area contributed by atoms with Crippen LogP contribution in [0.2, 0.25) is 0 Å². The summed E-state index contributed by atoms with van der Waals surface area (Å²) in [6, 6.07) is 15.8. The second-order valence-corrected chi connectivity index (χ2v) is 7.46. The lowest BCUT2D eigenvalue weighted by Crippen LogP contribution is -2.31. The standard InChI is InChI=1S/C18H19N3O3S/c1-3-13(2)21-25(22,23)16-11-7-10-15(12-16)18-19-17(20-24-18)14-8-5-4-6-9-14/h4-13,21H,3H2,1-2H3/t13-/m1/s1. The van der Waals surface area contributed by atoms with Gasteiger partial charge in [-0.25, -0.2) is 13.1 Å². The molecule has 0 saturated carbocycles. The van der Waals surface area contributed by atoms with Gasteiger partial charge in [0, 0.05) is 17.2 Å². The van der Waals surface area contributed by atoms with Gasteiger partial charge in [0.1, 0.15) is 0 Å². The fourth-order valence-electron chi connectivity index (χ4n) is 2.26. The van der Waals surface area contributed by atoms with Gasteiger partial charge in [-0.1, -0.05) is 48.5 Å². The van der Waals surface area contributed by atoms with Gasteiger partial charge < -0.3 is 4.52 Å². The number of hydrogen-bond donors (Lipinski definition) is 1. The quantitative estimate of drug-likeness (QED) is 0.730. The highest BCUT2D eigenvalue weighted by Gasteiger charge is 2.18. The maximum Gasteiger partial charge on any atom is 0.258 e. The van der Waals surface area contributed by atoms with Crippen LogP contribution in [0.25, 0.3) is 22.8 Å². The third kappa shape index (κ3) is 3.94. The van der Waals surface area contributed by atoms with E-state index >= 15 is 0 Å². The molecule has 0 aliphatic carbocycles. The maximum absolute atomic E-state index is 12.4. The number of benzene rings is 2. The number of hydrogen-bond acceptors (Lipinski definition) is 5. The first kappa shape index (κ1) is 17.3. The van der Waals surface area contributed by atoms with Crippen molar-refractivity contribution in [3.8, 4) is 22.8 Å². The van der Waals surface area contributed by atoms with E-state index < -0.39 is 10.0 Å². The second kappa shape index (κ2) is 7.16. The summed E-state index contributed by atoms with van der Waals surface area (Å²) in [6.45, 7) is 3.75. The topological polar surface area (TPSA) is 85.1 Å². The molecule has 0 radical (unpaired) electrons. The van der Waals surface area contributed by atoms with Crippen molar-refractivity contribution in [3.05, 3.63) is 54.6 Å². The van der Waals surface area contributed by atoms with E-state index in [4.69, 9.17) is 4.52 Å². The number of nitrogens with zero attached hydrogens (tertiary/aromatic N) is 2. The van der Waals surface area contributed by atoms with Gasteiger partial charge in [0.2, 0.25) is 15.8 Å². The number of nitrogens with one attached hydrogen (secondary N) is 1. The molecule has 3 aromatic rings. The largest absolute Gasteiger partial charge is 0.334 e. The lowest BCUT2D eigenvalue weighted by atomic mass is 10.2. The summed E-state index contributed by atoms with van der Waals surface area (Å²) in [5.74, 6) is 0.737. The summed E-state index contributed by atoms with van der Waals surface area (Å²) in [5, 5.41) is 3.97. The summed E-state index contributed by atoms with van der Waals surface area (Å²) < 4.78 is 32.8. The summed E-state index contributed by atoms with van der Waals surface area (Å²) in [7, 11) is -3.59. The van der Waals surface area contributed by atoms with Gasteiger partial charge in [0.15, 0.2) is 0 Å². The molecule has 7 heteroatoms.